The molecule has 1 aliphatic heterocycles. The van der Waals surface area contributed by atoms with Gasteiger partial charge in [0.2, 0.25) is 0 Å². The highest BCUT2D eigenvalue weighted by Crippen LogP contribution is 2.32. The number of para-hydroxylation sites is 2. The molecule has 6 nitrogen and oxygen atoms in total. The average molecular weight is 588 g/mol. The van der Waals surface area contributed by atoms with E-state index in [0.717, 1.165) is 19.8 Å². The summed E-state index contributed by atoms with van der Waals surface area (Å²) in [5.41, 5.74) is 1.80. The minimum Gasteiger partial charge on any atom is -0.488 e. The summed E-state index contributed by atoms with van der Waals surface area (Å²) in [7, 11) is 0. The smallest absolute Gasteiger partial charge is 0.343 e. The Morgan fingerprint density at radius 1 is 0.737 bits per heavy atom. The molecule has 4 aromatic carbocycles. The Labute approximate surface area is 232 Å². The van der Waals surface area contributed by atoms with Crippen LogP contribution in [0, 0.1) is 0 Å². The van der Waals surface area contributed by atoms with Gasteiger partial charge in [0.15, 0.2) is 0 Å². The third-order valence-electron chi connectivity index (χ3n) is 5.89. The standard InChI is InChI=1S/C30H20BrClN2O4/c31-22-15-16-27(38-19-20-9-7-8-14-26(20)32)21(17-22)18-25-28(35)33(23-10-3-1-4-11-23)30(37)34(29(25)36)24-12-5-2-6-13-24/h1-18H,19H2. The van der Waals surface area contributed by atoms with E-state index < -0.39 is 17.8 Å². The van der Waals surface area contributed by atoms with E-state index in [2.05, 4.69) is 15.9 Å². The monoisotopic (exact) mass is 586 g/mol. The Bertz CT molecular complexity index is 1490. The number of amides is 4. The van der Waals surface area contributed by atoms with Gasteiger partial charge >= 0.3 is 6.03 Å². The lowest BCUT2D eigenvalue weighted by Gasteiger charge is -2.34. The van der Waals surface area contributed by atoms with Gasteiger partial charge in [0.05, 0.1) is 11.4 Å². The van der Waals surface area contributed by atoms with Crippen LogP contribution in [0.25, 0.3) is 6.08 Å². The summed E-state index contributed by atoms with van der Waals surface area (Å²) in [5, 5.41) is 0.567. The van der Waals surface area contributed by atoms with Gasteiger partial charge in [0, 0.05) is 20.6 Å². The summed E-state index contributed by atoms with van der Waals surface area (Å²) in [6, 6.07) is 28.9. The van der Waals surface area contributed by atoms with Crippen molar-refractivity contribution in [1.29, 1.82) is 0 Å². The van der Waals surface area contributed by atoms with Crippen molar-refractivity contribution in [3.05, 3.63) is 129 Å². The highest BCUT2D eigenvalue weighted by Gasteiger charge is 2.43. The Kier molecular flexibility index (Phi) is 7.40. The highest BCUT2D eigenvalue weighted by atomic mass is 79.9. The number of hydrogen-bond acceptors (Lipinski definition) is 4. The van der Waals surface area contributed by atoms with Gasteiger partial charge in [0.25, 0.3) is 11.8 Å². The summed E-state index contributed by atoms with van der Waals surface area (Å²) in [6.45, 7) is 0.185. The van der Waals surface area contributed by atoms with Gasteiger partial charge in [-0.3, -0.25) is 9.59 Å². The number of halogens is 2. The molecule has 38 heavy (non-hydrogen) atoms. The van der Waals surface area contributed by atoms with E-state index >= 15 is 0 Å². The Hall–Kier alpha value is -4.20. The number of nitrogens with zero attached hydrogens (tertiary/aromatic N) is 2. The van der Waals surface area contributed by atoms with Crippen LogP contribution in [0.15, 0.2) is 113 Å². The van der Waals surface area contributed by atoms with Crippen molar-refractivity contribution >= 4 is 62.8 Å². The maximum atomic E-state index is 13.7. The first kappa shape index (κ1) is 25.4. The van der Waals surface area contributed by atoms with Crippen molar-refractivity contribution in [2.24, 2.45) is 0 Å². The minimum atomic E-state index is -0.751. The van der Waals surface area contributed by atoms with E-state index in [1.807, 2.05) is 18.2 Å². The molecule has 4 aromatic rings. The van der Waals surface area contributed by atoms with Crippen molar-refractivity contribution in [2.45, 2.75) is 6.61 Å². The fraction of sp³-hybridized carbons (Fsp3) is 0.0333. The number of imide groups is 2. The van der Waals surface area contributed by atoms with E-state index in [0.29, 0.717) is 27.7 Å². The Morgan fingerprint density at radius 2 is 1.29 bits per heavy atom. The molecule has 0 aromatic heterocycles. The highest BCUT2D eigenvalue weighted by molar-refractivity contribution is 9.10. The van der Waals surface area contributed by atoms with Crippen LogP contribution in [-0.2, 0) is 16.2 Å². The van der Waals surface area contributed by atoms with Gasteiger partial charge in [-0.05, 0) is 54.6 Å². The summed E-state index contributed by atoms with van der Waals surface area (Å²) < 4.78 is 6.77. The predicted molar refractivity (Wildman–Crippen MR) is 151 cm³/mol. The van der Waals surface area contributed by atoms with E-state index in [4.69, 9.17) is 16.3 Å². The molecule has 188 valence electrons. The van der Waals surface area contributed by atoms with Crippen molar-refractivity contribution < 1.29 is 19.1 Å². The number of carbonyl (C=O) groups excluding carboxylic acids is 3. The third kappa shape index (κ3) is 5.11. The van der Waals surface area contributed by atoms with Crippen LogP contribution < -0.4 is 14.5 Å². The van der Waals surface area contributed by atoms with Crippen molar-refractivity contribution in [3.63, 3.8) is 0 Å². The second-order valence-electron chi connectivity index (χ2n) is 8.36. The number of urea groups is 1. The second-order valence-corrected chi connectivity index (χ2v) is 9.68. The van der Waals surface area contributed by atoms with Gasteiger partial charge in [-0.2, -0.15) is 0 Å². The number of hydrogen-bond donors (Lipinski definition) is 0. The molecule has 1 fully saturated rings. The summed E-state index contributed by atoms with van der Waals surface area (Å²) in [6.07, 6.45) is 1.45. The second kappa shape index (κ2) is 11.0. The molecule has 1 aliphatic rings. The van der Waals surface area contributed by atoms with Crippen LogP contribution in [0.5, 0.6) is 5.75 Å². The summed E-state index contributed by atoms with van der Waals surface area (Å²) in [4.78, 5) is 42.8. The lowest BCUT2D eigenvalue weighted by Crippen LogP contribution is -2.57. The third-order valence-corrected chi connectivity index (χ3v) is 6.75. The van der Waals surface area contributed by atoms with Crippen LogP contribution in [0.3, 0.4) is 0 Å². The molecular weight excluding hydrogens is 568 g/mol. The molecule has 8 heteroatoms. The molecule has 0 bridgehead atoms. The van der Waals surface area contributed by atoms with Crippen molar-refractivity contribution in [1.82, 2.24) is 0 Å². The fourth-order valence-corrected chi connectivity index (χ4v) is 4.60. The zero-order valence-electron chi connectivity index (χ0n) is 19.9. The molecule has 0 radical (unpaired) electrons. The number of carbonyl (C=O) groups is 3. The molecule has 0 unspecified atom stereocenters. The predicted octanol–water partition coefficient (Wildman–Crippen LogP) is 7.26. The Balaban J connectivity index is 1.59. The van der Waals surface area contributed by atoms with E-state index in [9.17, 15) is 14.4 Å². The first-order valence-corrected chi connectivity index (χ1v) is 12.8. The fourth-order valence-electron chi connectivity index (χ4n) is 4.03. The molecule has 0 spiro atoms. The van der Waals surface area contributed by atoms with Crippen molar-refractivity contribution in [2.75, 3.05) is 9.80 Å². The molecule has 1 saturated heterocycles. The zero-order chi connectivity index (χ0) is 26.6. The lowest BCUT2D eigenvalue weighted by atomic mass is 10.0. The first-order chi connectivity index (χ1) is 18.4. The molecule has 0 N–H and O–H groups in total. The van der Waals surface area contributed by atoms with Gasteiger partial charge < -0.3 is 4.74 Å². The molecule has 5 rings (SSSR count). The normalized spacial score (nSPS) is 13.6. The van der Waals surface area contributed by atoms with Gasteiger partial charge in [0.1, 0.15) is 17.9 Å². The summed E-state index contributed by atoms with van der Waals surface area (Å²) in [5.74, 6) is -1.01. The molecule has 0 atom stereocenters. The van der Waals surface area contributed by atoms with Gasteiger partial charge in [-0.1, -0.05) is 82.1 Å². The number of rotatable bonds is 6. The molecule has 0 aliphatic carbocycles. The van der Waals surface area contributed by atoms with E-state index in [1.165, 1.54) is 6.08 Å². The first-order valence-electron chi connectivity index (χ1n) is 11.6. The molecule has 1 heterocycles. The maximum absolute atomic E-state index is 13.7. The lowest BCUT2D eigenvalue weighted by molar-refractivity contribution is -0.121. The molecular formula is C30H20BrClN2O4. The number of benzene rings is 4. The SMILES string of the molecule is O=C1C(=Cc2cc(Br)ccc2OCc2ccccc2Cl)C(=O)N(c2ccccc2)C(=O)N1c1ccccc1. The van der Waals surface area contributed by atoms with E-state index in [-0.39, 0.29) is 12.2 Å². The topological polar surface area (TPSA) is 66.9 Å². The number of ether oxygens (including phenoxy) is 1. The van der Waals surface area contributed by atoms with Crippen LogP contribution >= 0.6 is 27.5 Å². The van der Waals surface area contributed by atoms with Crippen molar-refractivity contribution in [3.8, 4) is 5.75 Å². The van der Waals surface area contributed by atoms with Crippen LogP contribution in [0.1, 0.15) is 11.1 Å². The van der Waals surface area contributed by atoms with Crippen LogP contribution in [0.4, 0.5) is 16.2 Å². The largest absolute Gasteiger partial charge is 0.488 e. The number of barbiturate groups is 1. The maximum Gasteiger partial charge on any atom is 0.343 e. The summed E-state index contributed by atoms with van der Waals surface area (Å²) >= 11 is 9.73. The number of anilines is 2. The van der Waals surface area contributed by atoms with Crippen LogP contribution in [0.2, 0.25) is 5.02 Å². The minimum absolute atomic E-state index is 0.182. The van der Waals surface area contributed by atoms with Gasteiger partial charge in [-0.15, -0.1) is 0 Å². The van der Waals surface area contributed by atoms with Gasteiger partial charge in [-0.25, -0.2) is 14.6 Å². The molecule has 4 amide bonds. The zero-order valence-corrected chi connectivity index (χ0v) is 22.2. The van der Waals surface area contributed by atoms with Crippen LogP contribution in [-0.4, -0.2) is 17.8 Å². The quantitative estimate of drug-likeness (QED) is 0.176. The van der Waals surface area contributed by atoms with E-state index in [1.54, 1.807) is 84.9 Å². The average Bonchev–Trinajstić information content (AvgIpc) is 2.93. The molecule has 0 saturated carbocycles. The Morgan fingerprint density at radius 3 is 1.87 bits per heavy atom.